The molecule has 0 radical (unpaired) electrons. The fourth-order valence-electron chi connectivity index (χ4n) is 3.68. The lowest BCUT2D eigenvalue weighted by molar-refractivity contribution is 0.0195. The third kappa shape index (κ3) is 3.45. The molecule has 0 bridgehead atoms. The number of guanidine groups is 1. The van der Waals surface area contributed by atoms with E-state index >= 15 is 0 Å². The number of nitrogens with one attached hydrogen (secondary N) is 1. The van der Waals surface area contributed by atoms with Gasteiger partial charge in [-0.2, -0.15) is 0 Å². The number of nitrogens with zero attached hydrogens (tertiary/aromatic N) is 6. The summed E-state index contributed by atoms with van der Waals surface area (Å²) in [4.78, 5) is 9.34. The summed E-state index contributed by atoms with van der Waals surface area (Å²) >= 11 is 0. The summed E-state index contributed by atoms with van der Waals surface area (Å²) in [5.41, 5.74) is 0.864. The highest BCUT2D eigenvalue weighted by Gasteiger charge is 2.30. The molecule has 1 atom stereocenters. The first-order valence-corrected chi connectivity index (χ1v) is 8.91. The third-order valence-corrected chi connectivity index (χ3v) is 5.03. The Morgan fingerprint density at radius 2 is 2.16 bits per heavy atom. The van der Waals surface area contributed by atoms with Crippen molar-refractivity contribution in [2.24, 2.45) is 4.99 Å². The van der Waals surface area contributed by atoms with Crippen molar-refractivity contribution in [1.82, 2.24) is 29.7 Å². The average Bonchev–Trinajstić information content (AvgIpc) is 3.31. The third-order valence-electron chi connectivity index (χ3n) is 5.03. The van der Waals surface area contributed by atoms with Crippen molar-refractivity contribution in [2.75, 3.05) is 46.4 Å². The van der Waals surface area contributed by atoms with Gasteiger partial charge in [0.15, 0.2) is 17.4 Å². The number of morpholine rings is 1. The topological polar surface area (TPSA) is 70.3 Å². The first-order chi connectivity index (χ1) is 12.3. The molecule has 2 fully saturated rings. The molecule has 2 aromatic rings. The van der Waals surface area contributed by atoms with Crippen molar-refractivity contribution in [3.63, 3.8) is 0 Å². The number of likely N-dealkylation sites (tertiary alicyclic amines) is 1. The standard InChI is InChI=1S/C17H25N7O/c1-18-17(19-12-16-21-20-15-4-2-3-6-24(15)16)23-7-5-14(13-23)22-8-10-25-11-9-22/h2-4,6,14H,5,7-13H2,1H3,(H,18,19). The summed E-state index contributed by atoms with van der Waals surface area (Å²) < 4.78 is 7.46. The van der Waals surface area contributed by atoms with Gasteiger partial charge in [0.25, 0.3) is 0 Å². The van der Waals surface area contributed by atoms with E-state index in [0.717, 1.165) is 56.8 Å². The van der Waals surface area contributed by atoms with Crippen LogP contribution >= 0.6 is 0 Å². The Kier molecular flexibility index (Phi) is 4.80. The Bertz CT molecular complexity index is 737. The average molecular weight is 343 g/mol. The molecule has 2 aliphatic heterocycles. The van der Waals surface area contributed by atoms with E-state index in [-0.39, 0.29) is 0 Å². The molecule has 4 heterocycles. The molecule has 8 nitrogen and oxygen atoms in total. The van der Waals surface area contributed by atoms with Crippen LogP contribution in [-0.4, -0.2) is 82.8 Å². The van der Waals surface area contributed by atoms with Gasteiger partial charge in [-0.05, 0) is 18.6 Å². The van der Waals surface area contributed by atoms with Gasteiger partial charge in [0.1, 0.15) is 0 Å². The van der Waals surface area contributed by atoms with Gasteiger partial charge >= 0.3 is 0 Å². The quantitative estimate of drug-likeness (QED) is 0.635. The molecule has 0 aliphatic carbocycles. The van der Waals surface area contributed by atoms with Crippen LogP contribution in [0.2, 0.25) is 0 Å². The molecule has 4 rings (SSSR count). The Labute approximate surface area is 147 Å². The molecule has 2 aromatic heterocycles. The maximum atomic E-state index is 5.46. The molecule has 8 heteroatoms. The Morgan fingerprint density at radius 3 is 3.00 bits per heavy atom. The Hall–Kier alpha value is -2.19. The monoisotopic (exact) mass is 343 g/mol. The number of rotatable bonds is 3. The van der Waals surface area contributed by atoms with Crippen molar-refractivity contribution in [3.05, 3.63) is 30.2 Å². The van der Waals surface area contributed by atoms with Gasteiger partial charge in [-0.1, -0.05) is 6.07 Å². The largest absolute Gasteiger partial charge is 0.379 e. The second kappa shape index (κ2) is 7.37. The fraction of sp³-hybridized carbons (Fsp3) is 0.588. The normalized spacial score (nSPS) is 22.7. The van der Waals surface area contributed by atoms with Crippen LogP contribution in [0.5, 0.6) is 0 Å². The number of ether oxygens (including phenoxy) is 1. The lowest BCUT2D eigenvalue weighted by Gasteiger charge is -2.32. The molecule has 134 valence electrons. The van der Waals surface area contributed by atoms with E-state index < -0.39 is 0 Å². The van der Waals surface area contributed by atoms with Crippen LogP contribution in [0.25, 0.3) is 5.65 Å². The highest BCUT2D eigenvalue weighted by atomic mass is 16.5. The van der Waals surface area contributed by atoms with E-state index in [1.54, 1.807) is 0 Å². The zero-order chi connectivity index (χ0) is 17.1. The maximum absolute atomic E-state index is 5.46. The zero-order valence-corrected chi connectivity index (χ0v) is 14.6. The number of hydrogen-bond acceptors (Lipinski definition) is 5. The number of hydrogen-bond donors (Lipinski definition) is 1. The molecular weight excluding hydrogens is 318 g/mol. The van der Waals surface area contributed by atoms with Crippen LogP contribution in [0, 0.1) is 0 Å². The second-order valence-corrected chi connectivity index (χ2v) is 6.48. The van der Waals surface area contributed by atoms with E-state index in [1.807, 2.05) is 35.8 Å². The molecule has 0 saturated carbocycles. The SMILES string of the molecule is CN=C(NCc1nnc2ccccn12)N1CCC(N2CCOCC2)C1. The molecule has 2 aliphatic rings. The molecule has 0 amide bonds. The van der Waals surface area contributed by atoms with Crippen molar-refractivity contribution >= 4 is 11.6 Å². The number of aliphatic imine (C=N–C) groups is 1. The van der Waals surface area contributed by atoms with Crippen LogP contribution < -0.4 is 5.32 Å². The van der Waals surface area contributed by atoms with Crippen molar-refractivity contribution < 1.29 is 4.74 Å². The van der Waals surface area contributed by atoms with Gasteiger partial charge in [0.2, 0.25) is 0 Å². The smallest absolute Gasteiger partial charge is 0.194 e. The lowest BCUT2D eigenvalue weighted by Crippen LogP contribution is -2.46. The van der Waals surface area contributed by atoms with E-state index in [1.165, 1.54) is 6.42 Å². The maximum Gasteiger partial charge on any atom is 0.194 e. The van der Waals surface area contributed by atoms with Crippen LogP contribution in [0.3, 0.4) is 0 Å². The summed E-state index contributed by atoms with van der Waals surface area (Å²) in [6.07, 6.45) is 3.16. The minimum absolute atomic E-state index is 0.594. The lowest BCUT2D eigenvalue weighted by atomic mass is 10.2. The van der Waals surface area contributed by atoms with Gasteiger partial charge in [-0.25, -0.2) is 0 Å². The van der Waals surface area contributed by atoms with Gasteiger partial charge in [-0.3, -0.25) is 14.3 Å². The number of pyridine rings is 1. The van der Waals surface area contributed by atoms with Crippen molar-refractivity contribution in [1.29, 1.82) is 0 Å². The predicted octanol–water partition coefficient (Wildman–Crippen LogP) is 0.211. The molecular formula is C17H25N7O. The highest BCUT2D eigenvalue weighted by molar-refractivity contribution is 5.80. The number of fused-ring (bicyclic) bond motifs is 1. The summed E-state index contributed by atoms with van der Waals surface area (Å²) in [7, 11) is 1.84. The van der Waals surface area contributed by atoms with Crippen molar-refractivity contribution in [3.8, 4) is 0 Å². The summed E-state index contributed by atoms with van der Waals surface area (Å²) in [6, 6.07) is 6.51. The first kappa shape index (κ1) is 16.3. The van der Waals surface area contributed by atoms with E-state index in [4.69, 9.17) is 4.74 Å². The highest BCUT2D eigenvalue weighted by Crippen LogP contribution is 2.17. The zero-order valence-electron chi connectivity index (χ0n) is 14.6. The van der Waals surface area contributed by atoms with E-state index in [2.05, 4.69) is 30.3 Å². The predicted molar refractivity (Wildman–Crippen MR) is 95.6 cm³/mol. The summed E-state index contributed by atoms with van der Waals surface area (Å²) in [5, 5.41) is 11.9. The van der Waals surface area contributed by atoms with Crippen molar-refractivity contribution in [2.45, 2.75) is 19.0 Å². The minimum atomic E-state index is 0.594. The first-order valence-electron chi connectivity index (χ1n) is 8.91. The van der Waals surface area contributed by atoms with Crippen LogP contribution in [0.1, 0.15) is 12.2 Å². The molecule has 2 saturated heterocycles. The summed E-state index contributed by atoms with van der Waals surface area (Å²) in [6.45, 7) is 6.43. The van der Waals surface area contributed by atoms with Crippen LogP contribution in [-0.2, 0) is 11.3 Å². The Morgan fingerprint density at radius 1 is 1.28 bits per heavy atom. The second-order valence-electron chi connectivity index (χ2n) is 6.48. The van der Waals surface area contributed by atoms with E-state index in [0.29, 0.717) is 12.6 Å². The minimum Gasteiger partial charge on any atom is -0.379 e. The van der Waals surface area contributed by atoms with Gasteiger partial charge in [0.05, 0.1) is 19.8 Å². The van der Waals surface area contributed by atoms with Gasteiger partial charge in [-0.15, -0.1) is 10.2 Å². The summed E-state index contributed by atoms with van der Waals surface area (Å²) in [5.74, 6) is 1.82. The molecule has 1 unspecified atom stereocenters. The van der Waals surface area contributed by atoms with Gasteiger partial charge < -0.3 is 15.0 Å². The molecule has 0 aromatic carbocycles. The van der Waals surface area contributed by atoms with E-state index in [9.17, 15) is 0 Å². The Balaban J connectivity index is 1.36. The van der Waals surface area contributed by atoms with Gasteiger partial charge in [0, 0.05) is 45.5 Å². The molecule has 25 heavy (non-hydrogen) atoms. The fourth-order valence-corrected chi connectivity index (χ4v) is 3.68. The van der Waals surface area contributed by atoms with Crippen LogP contribution in [0.4, 0.5) is 0 Å². The van der Waals surface area contributed by atoms with Crippen LogP contribution in [0.15, 0.2) is 29.4 Å². The number of aromatic nitrogens is 3. The molecule has 1 N–H and O–H groups in total. The molecule has 0 spiro atoms.